The van der Waals surface area contributed by atoms with Crippen LogP contribution in [0.2, 0.25) is 0 Å². The second-order valence-electron chi connectivity index (χ2n) is 2.38. The first-order valence-electron chi connectivity index (χ1n) is 3.56. The molecule has 1 aromatic carbocycles. The summed E-state index contributed by atoms with van der Waals surface area (Å²) in [7, 11) is 1.29. The summed E-state index contributed by atoms with van der Waals surface area (Å²) in [5, 5.41) is 19.2. The molecule has 1 aromatic rings. The van der Waals surface area contributed by atoms with E-state index in [0.29, 0.717) is 0 Å². The lowest BCUT2D eigenvalue weighted by molar-refractivity contribution is -0.386. The number of rotatable bonds is 2. The van der Waals surface area contributed by atoms with Crippen LogP contribution in [0.1, 0.15) is 5.56 Å². The first-order valence-corrected chi connectivity index (χ1v) is 4.01. The van der Waals surface area contributed by atoms with Crippen LogP contribution >= 0.6 is 12.6 Å². The standard InChI is InChI=1S/C8H6N2O3S/c1-13-7-6(10(11)12)3-2-5(4-9)8(7)14/h2-3,14H,1H3. The number of hydrogen-bond donors (Lipinski definition) is 1. The second kappa shape index (κ2) is 3.98. The van der Waals surface area contributed by atoms with Crippen LogP contribution in [-0.2, 0) is 0 Å². The van der Waals surface area contributed by atoms with Gasteiger partial charge >= 0.3 is 5.69 Å². The summed E-state index contributed by atoms with van der Waals surface area (Å²) in [6.07, 6.45) is 0. The summed E-state index contributed by atoms with van der Waals surface area (Å²) in [5.41, 5.74) is 0.0484. The van der Waals surface area contributed by atoms with Crippen LogP contribution in [-0.4, -0.2) is 12.0 Å². The monoisotopic (exact) mass is 210 g/mol. The van der Waals surface area contributed by atoms with Crippen molar-refractivity contribution in [3.8, 4) is 11.8 Å². The minimum absolute atomic E-state index is 0.0115. The fraction of sp³-hybridized carbons (Fsp3) is 0.125. The lowest BCUT2D eigenvalue weighted by Crippen LogP contribution is -1.96. The van der Waals surface area contributed by atoms with E-state index in [1.165, 1.54) is 19.2 Å². The Bertz CT molecular complexity index is 425. The maximum atomic E-state index is 10.5. The van der Waals surface area contributed by atoms with Crippen LogP contribution in [0.15, 0.2) is 17.0 Å². The highest BCUT2D eigenvalue weighted by Crippen LogP contribution is 2.35. The molecule has 0 aromatic heterocycles. The second-order valence-corrected chi connectivity index (χ2v) is 2.83. The Labute approximate surface area is 85.5 Å². The van der Waals surface area contributed by atoms with Gasteiger partial charge < -0.3 is 4.74 Å². The molecule has 0 saturated heterocycles. The molecule has 0 aliphatic heterocycles. The van der Waals surface area contributed by atoms with Crippen molar-refractivity contribution < 1.29 is 9.66 Å². The zero-order valence-corrected chi connectivity index (χ0v) is 8.12. The van der Waals surface area contributed by atoms with Crippen LogP contribution in [0.3, 0.4) is 0 Å². The number of benzene rings is 1. The maximum Gasteiger partial charge on any atom is 0.312 e. The number of nitrogens with zero attached hydrogens (tertiary/aromatic N) is 2. The first kappa shape index (κ1) is 10.3. The third-order valence-corrected chi connectivity index (χ3v) is 2.08. The van der Waals surface area contributed by atoms with Crippen molar-refractivity contribution in [3.63, 3.8) is 0 Å². The highest BCUT2D eigenvalue weighted by Gasteiger charge is 2.19. The van der Waals surface area contributed by atoms with Crippen molar-refractivity contribution in [1.29, 1.82) is 5.26 Å². The lowest BCUT2D eigenvalue weighted by Gasteiger charge is -2.04. The first-order chi connectivity index (χ1) is 6.61. The van der Waals surface area contributed by atoms with Crippen molar-refractivity contribution in [3.05, 3.63) is 27.8 Å². The molecule has 0 bridgehead atoms. The fourth-order valence-corrected chi connectivity index (χ4v) is 1.33. The number of nitro groups is 1. The van der Waals surface area contributed by atoms with E-state index in [1.54, 1.807) is 0 Å². The molecule has 0 amide bonds. The van der Waals surface area contributed by atoms with Gasteiger partial charge in [-0.25, -0.2) is 0 Å². The molecule has 0 saturated carbocycles. The number of nitriles is 1. The van der Waals surface area contributed by atoms with Crippen LogP contribution in [0, 0.1) is 21.4 Å². The van der Waals surface area contributed by atoms with E-state index in [9.17, 15) is 10.1 Å². The molecule has 0 unspecified atom stereocenters. The zero-order valence-electron chi connectivity index (χ0n) is 7.22. The number of nitro benzene ring substituents is 1. The molecular formula is C8H6N2O3S. The molecule has 14 heavy (non-hydrogen) atoms. The van der Waals surface area contributed by atoms with E-state index in [-0.39, 0.29) is 21.9 Å². The van der Waals surface area contributed by atoms with E-state index in [4.69, 9.17) is 10.00 Å². The largest absolute Gasteiger partial charge is 0.489 e. The van der Waals surface area contributed by atoms with Crippen LogP contribution in [0.25, 0.3) is 0 Å². The van der Waals surface area contributed by atoms with Gasteiger partial charge in [-0.15, -0.1) is 12.6 Å². The van der Waals surface area contributed by atoms with E-state index >= 15 is 0 Å². The number of ether oxygens (including phenoxy) is 1. The van der Waals surface area contributed by atoms with Crippen molar-refractivity contribution in [2.24, 2.45) is 0 Å². The smallest absolute Gasteiger partial charge is 0.312 e. The van der Waals surface area contributed by atoms with Gasteiger partial charge in [0.15, 0.2) is 0 Å². The molecule has 6 heteroatoms. The quantitative estimate of drug-likeness (QED) is 0.458. The maximum absolute atomic E-state index is 10.5. The Hall–Kier alpha value is -1.74. The number of thiol groups is 1. The van der Waals surface area contributed by atoms with Crippen molar-refractivity contribution in [2.45, 2.75) is 4.90 Å². The van der Waals surface area contributed by atoms with E-state index in [2.05, 4.69) is 12.6 Å². The normalized spacial score (nSPS) is 9.21. The molecule has 0 radical (unpaired) electrons. The summed E-state index contributed by atoms with van der Waals surface area (Å²) in [5.74, 6) is 0.0115. The highest BCUT2D eigenvalue weighted by atomic mass is 32.1. The highest BCUT2D eigenvalue weighted by molar-refractivity contribution is 7.80. The third-order valence-electron chi connectivity index (χ3n) is 1.63. The van der Waals surface area contributed by atoms with Gasteiger partial charge in [0.05, 0.1) is 22.5 Å². The molecule has 5 nitrogen and oxygen atoms in total. The molecule has 0 spiro atoms. The average molecular weight is 210 g/mol. The van der Waals surface area contributed by atoms with Gasteiger partial charge in [-0.1, -0.05) is 0 Å². The van der Waals surface area contributed by atoms with Gasteiger partial charge in [-0.05, 0) is 6.07 Å². The molecule has 0 N–H and O–H groups in total. The minimum atomic E-state index is -0.584. The molecule has 0 aliphatic rings. The average Bonchev–Trinajstić information content (AvgIpc) is 2.17. The Morgan fingerprint density at radius 2 is 2.29 bits per heavy atom. The zero-order chi connectivity index (χ0) is 10.7. The van der Waals surface area contributed by atoms with Crippen molar-refractivity contribution >= 4 is 18.3 Å². The van der Waals surface area contributed by atoms with Gasteiger partial charge in [-0.3, -0.25) is 10.1 Å². The summed E-state index contributed by atoms with van der Waals surface area (Å²) in [6, 6.07) is 4.41. The topological polar surface area (TPSA) is 76.2 Å². The Morgan fingerprint density at radius 1 is 1.64 bits per heavy atom. The van der Waals surface area contributed by atoms with E-state index < -0.39 is 4.92 Å². The predicted molar refractivity (Wildman–Crippen MR) is 51.6 cm³/mol. The van der Waals surface area contributed by atoms with Gasteiger partial charge in [0, 0.05) is 6.07 Å². The SMILES string of the molecule is COc1c([N+](=O)[O-])ccc(C#N)c1S. The van der Waals surface area contributed by atoms with Crippen molar-refractivity contribution in [1.82, 2.24) is 0 Å². The van der Waals surface area contributed by atoms with Gasteiger partial charge in [0.1, 0.15) is 6.07 Å². The summed E-state index contributed by atoms with van der Waals surface area (Å²) >= 11 is 3.98. The van der Waals surface area contributed by atoms with Crippen LogP contribution in [0.4, 0.5) is 5.69 Å². The molecular weight excluding hydrogens is 204 g/mol. The van der Waals surface area contributed by atoms with Gasteiger partial charge in [-0.2, -0.15) is 5.26 Å². The predicted octanol–water partition coefficient (Wildman–Crippen LogP) is 1.76. The molecule has 0 aliphatic carbocycles. The lowest BCUT2D eigenvalue weighted by atomic mass is 10.2. The minimum Gasteiger partial charge on any atom is -0.489 e. The fourth-order valence-electron chi connectivity index (χ4n) is 0.996. The molecule has 1 rings (SSSR count). The van der Waals surface area contributed by atoms with Crippen LogP contribution in [0.5, 0.6) is 5.75 Å². The molecule has 0 atom stereocenters. The number of hydrogen-bond acceptors (Lipinski definition) is 5. The summed E-state index contributed by atoms with van der Waals surface area (Å²) in [4.78, 5) is 10.1. The number of methoxy groups -OCH3 is 1. The molecule has 0 heterocycles. The Balaban J connectivity index is 3.45. The van der Waals surface area contributed by atoms with Crippen LogP contribution < -0.4 is 4.74 Å². The van der Waals surface area contributed by atoms with Gasteiger partial charge in [0.2, 0.25) is 5.75 Å². The summed E-state index contributed by atoms with van der Waals surface area (Å²) < 4.78 is 4.81. The third kappa shape index (κ3) is 1.63. The Kier molecular flexibility index (Phi) is 2.94. The van der Waals surface area contributed by atoms with E-state index in [1.807, 2.05) is 6.07 Å². The van der Waals surface area contributed by atoms with Crippen molar-refractivity contribution in [2.75, 3.05) is 7.11 Å². The summed E-state index contributed by atoms with van der Waals surface area (Å²) in [6.45, 7) is 0. The van der Waals surface area contributed by atoms with Gasteiger partial charge in [0.25, 0.3) is 0 Å². The van der Waals surface area contributed by atoms with E-state index in [0.717, 1.165) is 0 Å². The molecule has 72 valence electrons. The molecule has 0 fully saturated rings. The Morgan fingerprint density at radius 3 is 2.71 bits per heavy atom.